The minimum Gasteiger partial charge on any atom is -0.247 e. The Balaban J connectivity index is 3.42. The molecule has 0 N–H and O–H groups in total. The van der Waals surface area contributed by atoms with E-state index >= 15 is 0 Å². The first kappa shape index (κ1) is 7.76. The van der Waals surface area contributed by atoms with Gasteiger partial charge in [-0.1, -0.05) is 18.2 Å². The van der Waals surface area contributed by atoms with Crippen LogP contribution < -0.4 is 0 Å². The Hall–Kier alpha value is -0.240. The summed E-state index contributed by atoms with van der Waals surface area (Å²) in [7, 11) is 0. The van der Waals surface area contributed by atoms with Crippen LogP contribution in [-0.4, -0.2) is 6.67 Å². The number of hydrogen-bond acceptors (Lipinski definition) is 1. The van der Waals surface area contributed by atoms with Gasteiger partial charge in [-0.2, -0.15) is 0 Å². The molecule has 46 valence electrons. The highest BCUT2D eigenvalue weighted by Crippen LogP contribution is 1.95. The zero-order chi connectivity index (χ0) is 6.41. The summed E-state index contributed by atoms with van der Waals surface area (Å²) in [5.74, 6) is 0. The summed E-state index contributed by atoms with van der Waals surface area (Å²) < 4.78 is 11.3. The van der Waals surface area contributed by atoms with E-state index in [0.29, 0.717) is 0 Å². The first-order chi connectivity index (χ1) is 3.77. The molecule has 0 aromatic rings. The molecule has 0 bridgehead atoms. The summed E-state index contributed by atoms with van der Waals surface area (Å²) in [6.45, 7) is 1.43. The smallest absolute Gasteiger partial charge is 0.108 e. The maximum Gasteiger partial charge on any atom is 0.108 e. The molecule has 0 saturated carbocycles. The quantitative estimate of drug-likeness (QED) is 0.432. The first-order valence-electron chi connectivity index (χ1n) is 2.35. The van der Waals surface area contributed by atoms with Crippen LogP contribution in [0.25, 0.3) is 0 Å². The standard InChI is InChI=1S/C6H9FS/c1-6(8)4-2-3-5-7/h2-4,8H,5H2,1H3/b3-2-,6-4+. The molecular weight excluding hydrogens is 123 g/mol. The zero-order valence-corrected chi connectivity index (χ0v) is 5.66. The molecule has 0 heterocycles. The molecule has 0 aromatic carbocycles. The Bertz CT molecular complexity index is 101. The van der Waals surface area contributed by atoms with E-state index in [1.807, 2.05) is 6.92 Å². The average Bonchev–Trinajstić information content (AvgIpc) is 1.66. The highest BCUT2D eigenvalue weighted by atomic mass is 32.1. The first-order valence-corrected chi connectivity index (χ1v) is 2.80. The van der Waals surface area contributed by atoms with E-state index in [4.69, 9.17) is 0 Å². The lowest BCUT2D eigenvalue weighted by molar-refractivity contribution is 0.562. The summed E-state index contributed by atoms with van der Waals surface area (Å²) in [5, 5.41) is 0. The summed E-state index contributed by atoms with van der Waals surface area (Å²) in [4.78, 5) is 0.884. The van der Waals surface area contributed by atoms with Crippen molar-refractivity contribution in [2.45, 2.75) is 6.92 Å². The lowest BCUT2D eigenvalue weighted by atomic mass is 10.4. The van der Waals surface area contributed by atoms with Crippen LogP contribution in [0.4, 0.5) is 4.39 Å². The lowest BCUT2D eigenvalue weighted by Gasteiger charge is -1.78. The van der Waals surface area contributed by atoms with Crippen LogP contribution in [0.15, 0.2) is 23.1 Å². The third-order valence-electron chi connectivity index (χ3n) is 0.563. The van der Waals surface area contributed by atoms with Crippen molar-refractivity contribution < 1.29 is 4.39 Å². The molecule has 0 aliphatic heterocycles. The molecule has 0 aromatic heterocycles. The van der Waals surface area contributed by atoms with Crippen LogP contribution in [0.1, 0.15) is 6.92 Å². The Labute approximate surface area is 54.5 Å². The van der Waals surface area contributed by atoms with Gasteiger partial charge in [-0.3, -0.25) is 0 Å². The highest BCUT2D eigenvalue weighted by molar-refractivity contribution is 7.84. The van der Waals surface area contributed by atoms with E-state index in [2.05, 4.69) is 12.6 Å². The minimum absolute atomic E-state index is 0.405. The van der Waals surface area contributed by atoms with Crippen molar-refractivity contribution >= 4 is 12.6 Å². The fraction of sp³-hybridized carbons (Fsp3) is 0.333. The number of allylic oxidation sites excluding steroid dienone is 4. The van der Waals surface area contributed by atoms with Gasteiger partial charge in [0.25, 0.3) is 0 Å². The fourth-order valence-corrected chi connectivity index (χ4v) is 0.345. The molecule has 2 heteroatoms. The van der Waals surface area contributed by atoms with Crippen molar-refractivity contribution in [1.29, 1.82) is 0 Å². The third kappa shape index (κ3) is 5.76. The topological polar surface area (TPSA) is 0 Å². The molecular formula is C6H9FS. The predicted octanol–water partition coefficient (Wildman–Crippen LogP) is 2.35. The monoisotopic (exact) mass is 132 g/mol. The van der Waals surface area contributed by atoms with Gasteiger partial charge in [0.1, 0.15) is 6.67 Å². The molecule has 0 aliphatic carbocycles. The molecule has 0 unspecified atom stereocenters. The number of thiol groups is 1. The van der Waals surface area contributed by atoms with Gasteiger partial charge in [-0.25, -0.2) is 4.39 Å². The van der Waals surface area contributed by atoms with Gasteiger partial charge in [-0.15, -0.1) is 12.6 Å². The van der Waals surface area contributed by atoms with E-state index in [9.17, 15) is 4.39 Å². The summed E-state index contributed by atoms with van der Waals surface area (Å²) in [5.41, 5.74) is 0. The second kappa shape index (κ2) is 4.91. The van der Waals surface area contributed by atoms with Gasteiger partial charge in [-0.05, 0) is 11.8 Å². The van der Waals surface area contributed by atoms with Crippen LogP contribution >= 0.6 is 12.6 Å². The number of rotatable bonds is 2. The Kier molecular flexibility index (Phi) is 4.76. The Morgan fingerprint density at radius 2 is 2.38 bits per heavy atom. The second-order valence-electron chi connectivity index (χ2n) is 1.39. The molecule has 0 rings (SSSR count). The van der Waals surface area contributed by atoms with Gasteiger partial charge in [0.2, 0.25) is 0 Å². The third-order valence-corrected chi connectivity index (χ3v) is 0.712. The van der Waals surface area contributed by atoms with Crippen molar-refractivity contribution in [2.75, 3.05) is 6.67 Å². The van der Waals surface area contributed by atoms with Crippen molar-refractivity contribution in [2.24, 2.45) is 0 Å². The van der Waals surface area contributed by atoms with Crippen molar-refractivity contribution in [1.82, 2.24) is 0 Å². The summed E-state index contributed by atoms with van der Waals surface area (Å²) >= 11 is 3.96. The van der Waals surface area contributed by atoms with E-state index in [1.165, 1.54) is 6.08 Å². The van der Waals surface area contributed by atoms with Gasteiger partial charge < -0.3 is 0 Å². The largest absolute Gasteiger partial charge is 0.247 e. The fourth-order valence-electron chi connectivity index (χ4n) is 0.259. The average molecular weight is 132 g/mol. The summed E-state index contributed by atoms with van der Waals surface area (Å²) in [6, 6.07) is 0. The van der Waals surface area contributed by atoms with Gasteiger partial charge in [0.05, 0.1) is 0 Å². The highest BCUT2D eigenvalue weighted by Gasteiger charge is 1.69. The van der Waals surface area contributed by atoms with Gasteiger partial charge >= 0.3 is 0 Å². The molecule has 0 fully saturated rings. The molecule has 0 atom stereocenters. The summed E-state index contributed by atoms with van der Waals surface area (Å²) in [6.07, 6.45) is 4.81. The van der Waals surface area contributed by atoms with Crippen molar-refractivity contribution in [3.63, 3.8) is 0 Å². The van der Waals surface area contributed by atoms with E-state index in [0.717, 1.165) is 4.91 Å². The lowest BCUT2D eigenvalue weighted by Crippen LogP contribution is -1.59. The second-order valence-corrected chi connectivity index (χ2v) is 2.10. The van der Waals surface area contributed by atoms with Crippen LogP contribution in [0.2, 0.25) is 0 Å². The van der Waals surface area contributed by atoms with Crippen LogP contribution in [0.3, 0.4) is 0 Å². The normalized spacial score (nSPS) is 13.1. The molecule has 0 saturated heterocycles. The SMILES string of the molecule is C/C(S)=C\C=C/CF. The van der Waals surface area contributed by atoms with E-state index in [1.54, 1.807) is 12.2 Å². The zero-order valence-electron chi connectivity index (χ0n) is 4.76. The molecule has 8 heavy (non-hydrogen) atoms. The number of halogens is 1. The molecule has 0 amide bonds. The predicted molar refractivity (Wildman–Crippen MR) is 37.9 cm³/mol. The minimum atomic E-state index is -0.405. The van der Waals surface area contributed by atoms with Crippen LogP contribution in [-0.2, 0) is 0 Å². The van der Waals surface area contributed by atoms with E-state index < -0.39 is 6.67 Å². The van der Waals surface area contributed by atoms with Crippen LogP contribution in [0.5, 0.6) is 0 Å². The van der Waals surface area contributed by atoms with E-state index in [-0.39, 0.29) is 0 Å². The molecule has 0 spiro atoms. The number of hydrogen-bond donors (Lipinski definition) is 1. The Morgan fingerprint density at radius 3 is 2.75 bits per heavy atom. The molecule has 0 nitrogen and oxygen atoms in total. The maximum absolute atomic E-state index is 11.3. The van der Waals surface area contributed by atoms with Crippen molar-refractivity contribution in [3.05, 3.63) is 23.1 Å². The van der Waals surface area contributed by atoms with Gasteiger partial charge in [0.15, 0.2) is 0 Å². The maximum atomic E-state index is 11.3. The Morgan fingerprint density at radius 1 is 1.75 bits per heavy atom. The molecule has 0 aliphatic rings. The van der Waals surface area contributed by atoms with Gasteiger partial charge in [0, 0.05) is 0 Å². The van der Waals surface area contributed by atoms with Crippen molar-refractivity contribution in [3.8, 4) is 0 Å². The number of alkyl halides is 1. The van der Waals surface area contributed by atoms with Crippen LogP contribution in [0, 0.1) is 0 Å². The molecule has 0 radical (unpaired) electrons.